The molecule has 2 aromatic rings. The van der Waals surface area contributed by atoms with Gasteiger partial charge in [-0.05, 0) is 6.07 Å². The van der Waals surface area contributed by atoms with Crippen molar-refractivity contribution in [3.05, 3.63) is 56.8 Å². The topological polar surface area (TPSA) is 127 Å². The van der Waals surface area contributed by atoms with E-state index in [0.717, 1.165) is 12.4 Å². The van der Waals surface area contributed by atoms with E-state index in [1.807, 2.05) is 0 Å². The first-order valence-corrected chi connectivity index (χ1v) is 5.70. The van der Waals surface area contributed by atoms with Crippen molar-refractivity contribution >= 4 is 17.3 Å². The van der Waals surface area contributed by atoms with Gasteiger partial charge in [0.15, 0.2) is 0 Å². The van der Waals surface area contributed by atoms with Gasteiger partial charge in [0.05, 0.1) is 30.0 Å². The average molecular weight is 290 g/mol. The first kappa shape index (κ1) is 14.2. The highest BCUT2D eigenvalue weighted by Crippen LogP contribution is 2.29. The second kappa shape index (κ2) is 5.82. The monoisotopic (exact) mass is 290 g/mol. The molecule has 9 nitrogen and oxygen atoms in total. The molecule has 1 amide bonds. The number of hydrogen-bond donors (Lipinski definition) is 2. The smallest absolute Gasteiger partial charge is 0.275 e. The number of anilines is 1. The summed E-state index contributed by atoms with van der Waals surface area (Å²) in [6.45, 7) is 0. The van der Waals surface area contributed by atoms with Gasteiger partial charge in [-0.2, -0.15) is 0 Å². The third-order valence-corrected chi connectivity index (χ3v) is 2.55. The maximum Gasteiger partial charge on any atom is 0.275 e. The number of ether oxygens (including phenoxy) is 1. The number of aromatic amines is 1. The molecule has 0 aliphatic rings. The lowest BCUT2D eigenvalue weighted by Crippen LogP contribution is -2.17. The van der Waals surface area contributed by atoms with E-state index < -0.39 is 16.4 Å². The Morgan fingerprint density at radius 2 is 2.24 bits per heavy atom. The number of benzene rings is 1. The van der Waals surface area contributed by atoms with E-state index in [4.69, 9.17) is 4.74 Å². The van der Waals surface area contributed by atoms with Gasteiger partial charge in [-0.25, -0.2) is 4.98 Å². The molecule has 1 aromatic carbocycles. The average Bonchev–Trinajstić information content (AvgIpc) is 2.48. The number of nitro benzene ring substituents is 1. The molecule has 0 atom stereocenters. The lowest BCUT2D eigenvalue weighted by atomic mass is 10.2. The predicted octanol–water partition coefficient (Wildman–Crippen LogP) is 0.939. The molecule has 0 aliphatic heterocycles. The number of nitrogens with one attached hydrogen (secondary N) is 2. The molecule has 1 aromatic heterocycles. The Bertz CT molecular complexity index is 735. The summed E-state index contributed by atoms with van der Waals surface area (Å²) in [5.74, 6) is -0.444. The van der Waals surface area contributed by atoms with E-state index in [1.165, 1.54) is 25.3 Å². The molecule has 0 saturated heterocycles. The van der Waals surface area contributed by atoms with Crippen LogP contribution in [0, 0.1) is 10.1 Å². The largest absolute Gasteiger partial charge is 0.494 e. The summed E-state index contributed by atoms with van der Waals surface area (Å²) >= 11 is 0. The van der Waals surface area contributed by atoms with Crippen molar-refractivity contribution in [2.75, 3.05) is 12.4 Å². The number of amides is 1. The van der Waals surface area contributed by atoms with Gasteiger partial charge in [0.2, 0.25) is 0 Å². The van der Waals surface area contributed by atoms with Crippen LogP contribution >= 0.6 is 0 Å². The van der Waals surface area contributed by atoms with Gasteiger partial charge in [0.25, 0.3) is 17.2 Å². The zero-order valence-electron chi connectivity index (χ0n) is 10.8. The molecular formula is C12H10N4O5. The summed E-state index contributed by atoms with van der Waals surface area (Å²) in [5, 5.41) is 13.2. The van der Waals surface area contributed by atoms with Crippen LogP contribution < -0.4 is 15.6 Å². The Morgan fingerprint density at radius 1 is 1.48 bits per heavy atom. The summed E-state index contributed by atoms with van der Waals surface area (Å²) in [6, 6.07) is 3.77. The highest BCUT2D eigenvalue weighted by molar-refractivity contribution is 6.03. The van der Waals surface area contributed by atoms with Gasteiger partial charge in [-0.3, -0.25) is 19.7 Å². The zero-order valence-corrected chi connectivity index (χ0v) is 10.8. The lowest BCUT2D eigenvalue weighted by Gasteiger charge is -2.09. The molecule has 0 saturated carbocycles. The second-order valence-corrected chi connectivity index (χ2v) is 3.89. The fourth-order valence-electron chi connectivity index (χ4n) is 1.55. The van der Waals surface area contributed by atoms with Crippen molar-refractivity contribution in [1.29, 1.82) is 0 Å². The Balaban J connectivity index is 2.26. The van der Waals surface area contributed by atoms with Crippen LogP contribution in [0.1, 0.15) is 10.5 Å². The van der Waals surface area contributed by atoms with Gasteiger partial charge in [-0.1, -0.05) is 0 Å². The highest BCUT2D eigenvalue weighted by atomic mass is 16.6. The van der Waals surface area contributed by atoms with Crippen LogP contribution in [0.15, 0.2) is 35.4 Å². The summed E-state index contributed by atoms with van der Waals surface area (Å²) < 4.78 is 4.99. The summed E-state index contributed by atoms with van der Waals surface area (Å²) in [5.41, 5.74) is -0.345. The molecule has 1 heterocycles. The molecule has 0 unspecified atom stereocenters. The lowest BCUT2D eigenvalue weighted by molar-refractivity contribution is -0.384. The maximum absolute atomic E-state index is 11.9. The van der Waals surface area contributed by atoms with Crippen molar-refractivity contribution in [3.8, 4) is 5.75 Å². The standard InChI is InChI=1S/C12H10N4O5/c1-21-10-4-7(16(19)20)2-3-8(10)15-12(18)9-5-14-11(17)6-13-9/h2-6H,1H3,(H,14,17)(H,15,18). The number of H-pyrrole nitrogens is 1. The van der Waals surface area contributed by atoms with Crippen molar-refractivity contribution in [2.24, 2.45) is 0 Å². The van der Waals surface area contributed by atoms with Crippen LogP contribution in [-0.2, 0) is 0 Å². The number of hydrogen-bond acceptors (Lipinski definition) is 6. The zero-order chi connectivity index (χ0) is 15.4. The predicted molar refractivity (Wildman–Crippen MR) is 72.5 cm³/mol. The summed E-state index contributed by atoms with van der Waals surface area (Å²) in [4.78, 5) is 38.9. The minimum absolute atomic E-state index is 0.00462. The highest BCUT2D eigenvalue weighted by Gasteiger charge is 2.14. The summed E-state index contributed by atoms with van der Waals surface area (Å²) in [6.07, 6.45) is 2.14. The number of carbonyl (C=O) groups excluding carboxylic acids is 1. The SMILES string of the molecule is COc1cc([N+](=O)[O-])ccc1NC(=O)c1c[nH]c(=O)cn1. The molecule has 108 valence electrons. The Labute approximate surface area is 117 Å². The molecular weight excluding hydrogens is 280 g/mol. The normalized spacial score (nSPS) is 9.95. The first-order chi connectivity index (χ1) is 10.0. The molecule has 0 spiro atoms. The van der Waals surface area contributed by atoms with E-state index in [0.29, 0.717) is 0 Å². The van der Waals surface area contributed by atoms with Gasteiger partial charge in [0, 0.05) is 12.3 Å². The molecule has 0 radical (unpaired) electrons. The Kier molecular flexibility index (Phi) is 3.93. The van der Waals surface area contributed by atoms with Crippen molar-refractivity contribution in [1.82, 2.24) is 9.97 Å². The number of methoxy groups -OCH3 is 1. The molecule has 21 heavy (non-hydrogen) atoms. The third-order valence-electron chi connectivity index (χ3n) is 2.55. The molecule has 2 N–H and O–H groups in total. The van der Waals surface area contributed by atoms with Crippen molar-refractivity contribution in [2.45, 2.75) is 0 Å². The van der Waals surface area contributed by atoms with E-state index in [9.17, 15) is 19.7 Å². The number of nitro groups is 1. The maximum atomic E-state index is 11.9. The van der Waals surface area contributed by atoms with Gasteiger partial charge in [0.1, 0.15) is 11.4 Å². The molecule has 0 aliphatic carbocycles. The molecule has 0 fully saturated rings. The quantitative estimate of drug-likeness (QED) is 0.637. The van der Waals surface area contributed by atoms with Crippen LogP contribution in [0.3, 0.4) is 0 Å². The molecule has 9 heteroatoms. The fourth-order valence-corrected chi connectivity index (χ4v) is 1.55. The first-order valence-electron chi connectivity index (χ1n) is 5.70. The van der Waals surface area contributed by atoms with Crippen LogP contribution in [-0.4, -0.2) is 27.9 Å². The number of rotatable bonds is 4. The van der Waals surface area contributed by atoms with Crippen LogP contribution in [0.2, 0.25) is 0 Å². The fraction of sp³-hybridized carbons (Fsp3) is 0.0833. The molecule has 2 rings (SSSR count). The van der Waals surface area contributed by atoms with Crippen LogP contribution in [0.25, 0.3) is 0 Å². The Hall–Kier alpha value is -3.23. The van der Waals surface area contributed by atoms with Gasteiger partial charge >= 0.3 is 0 Å². The second-order valence-electron chi connectivity index (χ2n) is 3.89. The number of nitrogens with zero attached hydrogens (tertiary/aromatic N) is 2. The van der Waals surface area contributed by atoms with E-state index in [2.05, 4.69) is 15.3 Å². The van der Waals surface area contributed by atoms with Crippen molar-refractivity contribution < 1.29 is 14.5 Å². The molecule has 0 bridgehead atoms. The minimum Gasteiger partial charge on any atom is -0.494 e. The summed E-state index contributed by atoms with van der Waals surface area (Å²) in [7, 11) is 1.33. The number of aromatic nitrogens is 2. The van der Waals surface area contributed by atoms with Gasteiger partial charge < -0.3 is 15.0 Å². The van der Waals surface area contributed by atoms with E-state index >= 15 is 0 Å². The number of carbonyl (C=O) groups is 1. The van der Waals surface area contributed by atoms with Crippen molar-refractivity contribution in [3.63, 3.8) is 0 Å². The van der Waals surface area contributed by atoms with Crippen LogP contribution in [0.5, 0.6) is 5.75 Å². The Morgan fingerprint density at radius 3 is 2.81 bits per heavy atom. The minimum atomic E-state index is -0.585. The number of non-ortho nitro benzene ring substituents is 1. The van der Waals surface area contributed by atoms with E-state index in [1.54, 1.807) is 0 Å². The van der Waals surface area contributed by atoms with Gasteiger partial charge in [-0.15, -0.1) is 0 Å². The van der Waals surface area contributed by atoms with Crippen LogP contribution in [0.4, 0.5) is 11.4 Å². The van der Waals surface area contributed by atoms with E-state index in [-0.39, 0.29) is 22.8 Å². The third kappa shape index (κ3) is 3.21.